The van der Waals surface area contributed by atoms with E-state index < -0.39 is 0 Å². The summed E-state index contributed by atoms with van der Waals surface area (Å²) in [7, 11) is 0. The van der Waals surface area contributed by atoms with Gasteiger partial charge >= 0.3 is 0 Å². The maximum atomic E-state index is 11.7. The van der Waals surface area contributed by atoms with Crippen molar-refractivity contribution in [2.24, 2.45) is 0 Å². The number of hydrogen-bond acceptors (Lipinski definition) is 5. The Labute approximate surface area is 104 Å². The third-order valence-corrected chi connectivity index (χ3v) is 3.65. The molecule has 0 aliphatic rings. The first-order valence-corrected chi connectivity index (χ1v) is 7.21. The van der Waals surface area contributed by atoms with Gasteiger partial charge in [0, 0.05) is 24.2 Å². The third-order valence-electron chi connectivity index (χ3n) is 2.06. The molecule has 4 nitrogen and oxygen atoms in total. The Kier molecular flexibility index (Phi) is 6.44. The van der Waals surface area contributed by atoms with E-state index in [2.05, 4.69) is 4.98 Å². The van der Waals surface area contributed by atoms with Gasteiger partial charge in [0.2, 0.25) is 5.91 Å². The minimum atomic E-state index is 0.0241. The number of thiazole rings is 1. The van der Waals surface area contributed by atoms with Crippen LogP contribution in [0.1, 0.15) is 12.6 Å². The predicted molar refractivity (Wildman–Crippen MR) is 67.6 cm³/mol. The van der Waals surface area contributed by atoms with Gasteiger partial charge in [-0.05, 0) is 6.92 Å². The number of rotatable bonds is 7. The Morgan fingerprint density at radius 3 is 3.06 bits per heavy atom. The highest BCUT2D eigenvalue weighted by atomic mass is 32.2. The number of nitrogens with zero attached hydrogens (tertiary/aromatic N) is 2. The number of carbonyl (C=O) groups excluding carboxylic acids is 1. The van der Waals surface area contributed by atoms with Crippen LogP contribution in [0.2, 0.25) is 0 Å². The molecule has 1 rings (SSSR count). The molecule has 1 N–H and O–H groups in total. The summed E-state index contributed by atoms with van der Waals surface area (Å²) in [4.78, 5) is 17.5. The van der Waals surface area contributed by atoms with Gasteiger partial charge in [-0.3, -0.25) is 4.79 Å². The Balaban J connectivity index is 2.23. The van der Waals surface area contributed by atoms with Crippen LogP contribution in [0.25, 0.3) is 0 Å². The van der Waals surface area contributed by atoms with Gasteiger partial charge in [0.05, 0.1) is 23.6 Å². The van der Waals surface area contributed by atoms with Gasteiger partial charge in [-0.25, -0.2) is 4.98 Å². The molecule has 0 fully saturated rings. The van der Waals surface area contributed by atoms with Crippen molar-refractivity contribution in [3.8, 4) is 0 Å². The molecule has 0 radical (unpaired) electrons. The van der Waals surface area contributed by atoms with E-state index in [0.717, 1.165) is 11.4 Å². The fourth-order valence-electron chi connectivity index (χ4n) is 1.22. The topological polar surface area (TPSA) is 53.4 Å². The van der Waals surface area contributed by atoms with Crippen LogP contribution in [0.15, 0.2) is 10.9 Å². The van der Waals surface area contributed by atoms with E-state index >= 15 is 0 Å². The maximum absolute atomic E-state index is 11.7. The van der Waals surface area contributed by atoms with Gasteiger partial charge in [-0.15, -0.1) is 23.1 Å². The number of aliphatic hydroxyl groups is 1. The first kappa shape index (κ1) is 13.5. The molecule has 1 heterocycles. The van der Waals surface area contributed by atoms with Gasteiger partial charge in [-0.2, -0.15) is 0 Å². The molecule has 6 heteroatoms. The van der Waals surface area contributed by atoms with Crippen molar-refractivity contribution >= 4 is 29.0 Å². The summed E-state index contributed by atoms with van der Waals surface area (Å²) in [6, 6.07) is 0. The lowest BCUT2D eigenvalue weighted by molar-refractivity contribution is -0.128. The standard InChI is InChI=1S/C10H16N2O2S2/c1-2-12(3-4-13)10(14)7-15-5-9-6-16-8-11-9/h6,8,13H,2-5,7H2,1H3. The van der Waals surface area contributed by atoms with Crippen molar-refractivity contribution in [1.29, 1.82) is 0 Å². The Hall–Kier alpha value is -0.590. The number of likely N-dealkylation sites (N-methyl/N-ethyl adjacent to an activating group) is 1. The summed E-state index contributed by atoms with van der Waals surface area (Å²) in [5.74, 6) is 1.30. The second-order valence-electron chi connectivity index (χ2n) is 3.17. The number of hydrogen-bond donors (Lipinski definition) is 1. The van der Waals surface area contributed by atoms with Crippen LogP contribution >= 0.6 is 23.1 Å². The quantitative estimate of drug-likeness (QED) is 0.801. The summed E-state index contributed by atoms with van der Waals surface area (Å²) >= 11 is 3.12. The summed E-state index contributed by atoms with van der Waals surface area (Å²) in [5.41, 5.74) is 2.81. The number of aromatic nitrogens is 1. The van der Waals surface area contributed by atoms with Crippen molar-refractivity contribution in [2.45, 2.75) is 12.7 Å². The molecular weight excluding hydrogens is 244 g/mol. The van der Waals surface area contributed by atoms with Crippen molar-refractivity contribution < 1.29 is 9.90 Å². The van der Waals surface area contributed by atoms with Crippen LogP contribution in [0.3, 0.4) is 0 Å². The second-order valence-corrected chi connectivity index (χ2v) is 4.87. The van der Waals surface area contributed by atoms with E-state index in [1.165, 1.54) is 0 Å². The molecule has 0 aliphatic heterocycles. The van der Waals surface area contributed by atoms with Gasteiger partial charge in [0.25, 0.3) is 0 Å². The first-order chi connectivity index (χ1) is 7.77. The molecule has 0 aliphatic carbocycles. The van der Waals surface area contributed by atoms with E-state index in [9.17, 15) is 4.79 Å². The van der Waals surface area contributed by atoms with Crippen molar-refractivity contribution in [3.05, 3.63) is 16.6 Å². The highest BCUT2D eigenvalue weighted by Crippen LogP contribution is 2.12. The van der Waals surface area contributed by atoms with E-state index in [1.54, 1.807) is 33.5 Å². The lowest BCUT2D eigenvalue weighted by Crippen LogP contribution is -2.34. The number of carbonyl (C=O) groups is 1. The molecule has 1 aromatic heterocycles. The van der Waals surface area contributed by atoms with Crippen LogP contribution in [0, 0.1) is 0 Å². The zero-order valence-electron chi connectivity index (χ0n) is 9.26. The lowest BCUT2D eigenvalue weighted by Gasteiger charge is -2.19. The van der Waals surface area contributed by atoms with Gasteiger partial charge in [0.1, 0.15) is 0 Å². The summed E-state index contributed by atoms with van der Waals surface area (Å²) in [6.07, 6.45) is 0. The first-order valence-electron chi connectivity index (χ1n) is 5.11. The maximum Gasteiger partial charge on any atom is 0.232 e. The monoisotopic (exact) mass is 260 g/mol. The Bertz CT molecular complexity index is 304. The molecule has 0 atom stereocenters. The van der Waals surface area contributed by atoms with E-state index in [-0.39, 0.29) is 12.5 Å². The average molecular weight is 260 g/mol. The number of amides is 1. The molecule has 0 saturated heterocycles. The SMILES string of the molecule is CCN(CCO)C(=O)CSCc1cscn1. The molecule has 0 unspecified atom stereocenters. The van der Waals surface area contributed by atoms with Crippen LogP contribution in [0.5, 0.6) is 0 Å². The van der Waals surface area contributed by atoms with Gasteiger partial charge in [0.15, 0.2) is 0 Å². The minimum Gasteiger partial charge on any atom is -0.395 e. The molecule has 0 bridgehead atoms. The van der Waals surface area contributed by atoms with Crippen LogP contribution in [-0.2, 0) is 10.5 Å². The molecule has 1 aromatic rings. The van der Waals surface area contributed by atoms with E-state index in [0.29, 0.717) is 18.8 Å². The molecular formula is C10H16N2O2S2. The second kappa shape index (κ2) is 7.65. The van der Waals surface area contributed by atoms with Crippen molar-refractivity contribution in [2.75, 3.05) is 25.4 Å². The minimum absolute atomic E-state index is 0.0241. The van der Waals surface area contributed by atoms with E-state index in [1.807, 2.05) is 12.3 Å². The largest absolute Gasteiger partial charge is 0.395 e. The zero-order chi connectivity index (χ0) is 11.8. The normalized spacial score (nSPS) is 10.4. The van der Waals surface area contributed by atoms with Gasteiger partial charge < -0.3 is 10.0 Å². The smallest absolute Gasteiger partial charge is 0.232 e. The zero-order valence-corrected chi connectivity index (χ0v) is 10.9. The predicted octanol–water partition coefficient (Wildman–Crippen LogP) is 1.22. The van der Waals surface area contributed by atoms with Crippen LogP contribution < -0.4 is 0 Å². The lowest BCUT2D eigenvalue weighted by atomic mass is 10.5. The highest BCUT2D eigenvalue weighted by Gasteiger charge is 2.10. The van der Waals surface area contributed by atoms with Crippen molar-refractivity contribution in [3.63, 3.8) is 0 Å². The molecule has 1 amide bonds. The van der Waals surface area contributed by atoms with E-state index in [4.69, 9.17) is 5.11 Å². The number of aliphatic hydroxyl groups excluding tert-OH is 1. The highest BCUT2D eigenvalue weighted by molar-refractivity contribution is 7.99. The van der Waals surface area contributed by atoms with Crippen molar-refractivity contribution in [1.82, 2.24) is 9.88 Å². The third kappa shape index (κ3) is 4.51. The number of thioether (sulfide) groups is 1. The molecule has 90 valence electrons. The summed E-state index contributed by atoms with van der Waals surface area (Å²) in [5, 5.41) is 10.8. The summed E-state index contributed by atoms with van der Waals surface area (Å²) < 4.78 is 0. The fourth-order valence-corrected chi connectivity index (χ4v) is 2.71. The van der Waals surface area contributed by atoms with Crippen LogP contribution in [0.4, 0.5) is 0 Å². The fraction of sp³-hybridized carbons (Fsp3) is 0.600. The van der Waals surface area contributed by atoms with Gasteiger partial charge in [-0.1, -0.05) is 0 Å². The molecule has 16 heavy (non-hydrogen) atoms. The molecule has 0 saturated carbocycles. The average Bonchev–Trinajstić information content (AvgIpc) is 2.78. The van der Waals surface area contributed by atoms with Crippen LogP contribution in [-0.4, -0.2) is 46.3 Å². The molecule has 0 spiro atoms. The summed E-state index contributed by atoms with van der Waals surface area (Å²) in [6.45, 7) is 3.01. The Morgan fingerprint density at radius 2 is 2.50 bits per heavy atom. The molecule has 0 aromatic carbocycles. The Morgan fingerprint density at radius 1 is 1.69 bits per heavy atom.